The van der Waals surface area contributed by atoms with Gasteiger partial charge in [-0.1, -0.05) is 126 Å². The Morgan fingerprint density at radius 3 is 1.63 bits per heavy atom. The lowest BCUT2D eigenvalue weighted by Crippen LogP contribution is -2.16. The van der Waals surface area contributed by atoms with Crippen molar-refractivity contribution in [2.24, 2.45) is 0 Å². The first-order valence-electron chi connectivity index (χ1n) is 15.1. The van der Waals surface area contributed by atoms with E-state index < -0.39 is 0 Å². The fourth-order valence-electron chi connectivity index (χ4n) is 7.20. The Morgan fingerprint density at radius 1 is 0.558 bits per heavy atom. The van der Waals surface area contributed by atoms with Crippen molar-refractivity contribution in [2.45, 2.75) is 38.5 Å². The van der Waals surface area contributed by atoms with E-state index in [0.29, 0.717) is 0 Å². The van der Waals surface area contributed by atoms with E-state index in [1.54, 1.807) is 0 Å². The molecule has 0 amide bonds. The summed E-state index contributed by atoms with van der Waals surface area (Å²) in [7, 11) is 0. The number of rotatable bonds is 6. The fourth-order valence-corrected chi connectivity index (χ4v) is 7.20. The minimum atomic E-state index is -0.114. The van der Waals surface area contributed by atoms with Crippen LogP contribution >= 0.6 is 0 Å². The summed E-state index contributed by atoms with van der Waals surface area (Å²) in [5.74, 6) is 0. The van der Waals surface area contributed by atoms with Crippen LogP contribution in [0.3, 0.4) is 0 Å². The number of benzene rings is 5. The zero-order valence-electron chi connectivity index (χ0n) is 25.5. The molecule has 0 aromatic heterocycles. The maximum atomic E-state index is 4.01. The van der Waals surface area contributed by atoms with Gasteiger partial charge >= 0.3 is 0 Å². The van der Waals surface area contributed by atoms with Crippen LogP contribution in [0.15, 0.2) is 135 Å². The Kier molecular flexibility index (Phi) is 6.18. The van der Waals surface area contributed by atoms with Crippen molar-refractivity contribution in [3.63, 3.8) is 0 Å². The third kappa shape index (κ3) is 4.22. The number of hydrogen-bond acceptors (Lipinski definition) is 1. The fraction of sp³-hybridized carbons (Fsp3) is 0.143. The standard InChI is InChI=1S/C42H37N/c1-7-12-27(8-2)29-15-19-33-35-21-17-31(25-39(35)41(3,4)37(33)23-29)43-32-18-22-36-34-20-16-30(28-13-10-9-11-14-28)24-38(34)42(5,6)40(36)26-32/h7-26,43H,1-2H2,3-6H3/b27-12+. The normalized spacial score (nSPS) is 15.2. The van der Waals surface area contributed by atoms with Crippen molar-refractivity contribution in [2.75, 3.05) is 5.32 Å². The van der Waals surface area contributed by atoms with E-state index in [1.165, 1.54) is 61.2 Å². The van der Waals surface area contributed by atoms with E-state index in [9.17, 15) is 0 Å². The molecule has 0 atom stereocenters. The van der Waals surface area contributed by atoms with Gasteiger partial charge in [-0.3, -0.25) is 0 Å². The first-order valence-corrected chi connectivity index (χ1v) is 15.1. The molecule has 0 unspecified atom stereocenters. The van der Waals surface area contributed by atoms with Gasteiger partial charge in [-0.25, -0.2) is 0 Å². The van der Waals surface area contributed by atoms with Gasteiger partial charge in [-0.15, -0.1) is 0 Å². The highest BCUT2D eigenvalue weighted by atomic mass is 14.9. The molecule has 43 heavy (non-hydrogen) atoms. The van der Waals surface area contributed by atoms with Crippen LogP contribution in [0.25, 0.3) is 39.0 Å². The monoisotopic (exact) mass is 555 g/mol. The summed E-state index contributed by atoms with van der Waals surface area (Å²) in [4.78, 5) is 0. The zero-order valence-corrected chi connectivity index (χ0v) is 25.5. The maximum Gasteiger partial charge on any atom is 0.0387 e. The molecule has 210 valence electrons. The van der Waals surface area contributed by atoms with Gasteiger partial charge in [0, 0.05) is 22.2 Å². The predicted molar refractivity (Wildman–Crippen MR) is 185 cm³/mol. The molecule has 5 aromatic rings. The van der Waals surface area contributed by atoms with Gasteiger partial charge in [0.25, 0.3) is 0 Å². The van der Waals surface area contributed by atoms with Gasteiger partial charge < -0.3 is 5.32 Å². The van der Waals surface area contributed by atoms with Gasteiger partial charge in [-0.05, 0) is 103 Å². The summed E-state index contributed by atoms with van der Waals surface area (Å²) in [5, 5.41) is 3.75. The third-order valence-corrected chi connectivity index (χ3v) is 9.60. The second-order valence-electron chi connectivity index (χ2n) is 12.8. The van der Waals surface area contributed by atoms with Crippen LogP contribution in [0.5, 0.6) is 0 Å². The van der Waals surface area contributed by atoms with Crippen LogP contribution < -0.4 is 5.32 Å². The summed E-state index contributed by atoms with van der Waals surface area (Å²) in [5.41, 5.74) is 17.5. The van der Waals surface area contributed by atoms with Crippen molar-refractivity contribution in [1.82, 2.24) is 0 Å². The van der Waals surface area contributed by atoms with E-state index in [4.69, 9.17) is 0 Å². The van der Waals surface area contributed by atoms with Crippen LogP contribution in [-0.4, -0.2) is 0 Å². The zero-order chi connectivity index (χ0) is 29.9. The van der Waals surface area contributed by atoms with Crippen molar-refractivity contribution >= 4 is 16.9 Å². The van der Waals surface area contributed by atoms with Crippen LogP contribution in [0.1, 0.15) is 55.5 Å². The summed E-state index contributed by atoms with van der Waals surface area (Å²) >= 11 is 0. The van der Waals surface area contributed by atoms with E-state index in [-0.39, 0.29) is 10.8 Å². The van der Waals surface area contributed by atoms with E-state index in [1.807, 2.05) is 18.2 Å². The summed E-state index contributed by atoms with van der Waals surface area (Å²) in [6, 6.07) is 38.1. The largest absolute Gasteiger partial charge is 0.356 e. The quantitative estimate of drug-likeness (QED) is 0.205. The Labute approximate surface area is 256 Å². The molecule has 0 spiro atoms. The maximum absolute atomic E-state index is 4.01. The van der Waals surface area contributed by atoms with Gasteiger partial charge in [0.2, 0.25) is 0 Å². The number of fused-ring (bicyclic) bond motifs is 6. The molecular weight excluding hydrogens is 518 g/mol. The number of anilines is 2. The second kappa shape index (κ2) is 9.85. The van der Waals surface area contributed by atoms with Gasteiger partial charge in [-0.2, -0.15) is 0 Å². The molecule has 1 nitrogen and oxygen atoms in total. The van der Waals surface area contributed by atoms with Gasteiger partial charge in [0.15, 0.2) is 0 Å². The molecule has 1 N–H and O–H groups in total. The highest BCUT2D eigenvalue weighted by Crippen LogP contribution is 2.52. The van der Waals surface area contributed by atoms with E-state index in [2.05, 4.69) is 149 Å². The van der Waals surface area contributed by atoms with Gasteiger partial charge in [0.1, 0.15) is 0 Å². The molecule has 7 rings (SSSR count). The van der Waals surface area contributed by atoms with Gasteiger partial charge in [0.05, 0.1) is 0 Å². The first-order chi connectivity index (χ1) is 20.7. The third-order valence-electron chi connectivity index (χ3n) is 9.60. The molecule has 0 aliphatic heterocycles. The molecule has 0 fully saturated rings. The number of allylic oxidation sites excluding steroid dienone is 4. The van der Waals surface area contributed by atoms with Crippen LogP contribution in [0.2, 0.25) is 0 Å². The van der Waals surface area contributed by atoms with Crippen molar-refractivity contribution in [3.05, 3.63) is 162 Å². The molecule has 1 heteroatoms. The highest BCUT2D eigenvalue weighted by Gasteiger charge is 2.37. The minimum Gasteiger partial charge on any atom is -0.356 e. The summed E-state index contributed by atoms with van der Waals surface area (Å²) in [6.45, 7) is 17.2. The van der Waals surface area contributed by atoms with Crippen molar-refractivity contribution in [1.29, 1.82) is 0 Å². The van der Waals surface area contributed by atoms with Crippen LogP contribution in [-0.2, 0) is 10.8 Å². The smallest absolute Gasteiger partial charge is 0.0387 e. The van der Waals surface area contributed by atoms with Crippen molar-refractivity contribution < 1.29 is 0 Å². The molecule has 0 saturated heterocycles. The summed E-state index contributed by atoms with van der Waals surface area (Å²) < 4.78 is 0. The molecule has 0 saturated carbocycles. The number of hydrogen-bond donors (Lipinski definition) is 1. The molecule has 2 aliphatic carbocycles. The second-order valence-corrected chi connectivity index (χ2v) is 12.8. The Balaban J connectivity index is 1.20. The lowest BCUT2D eigenvalue weighted by Gasteiger charge is -2.24. The SMILES string of the molecule is C=C/C=C(\C=C)c1ccc2c(c1)C(C)(C)c1cc(Nc3ccc4c(c3)C(C)(C)c3cc(-c5ccccc5)ccc3-4)ccc1-2. The molecule has 2 aliphatic rings. The average Bonchev–Trinajstić information content (AvgIpc) is 3.38. The predicted octanol–water partition coefficient (Wildman–Crippen LogP) is 11.5. The van der Waals surface area contributed by atoms with E-state index >= 15 is 0 Å². The molecule has 0 radical (unpaired) electrons. The Morgan fingerprint density at radius 2 is 1.07 bits per heavy atom. The van der Waals surface area contributed by atoms with E-state index in [0.717, 1.165) is 16.9 Å². The molecule has 5 aromatic carbocycles. The highest BCUT2D eigenvalue weighted by molar-refractivity contribution is 5.88. The molecular formula is C42H37N. The Hall–Kier alpha value is -4.88. The lowest BCUT2D eigenvalue weighted by atomic mass is 9.81. The Bertz CT molecular complexity index is 1970. The topological polar surface area (TPSA) is 12.0 Å². The minimum absolute atomic E-state index is 0.0865. The van der Waals surface area contributed by atoms with Crippen LogP contribution in [0, 0.1) is 0 Å². The summed E-state index contributed by atoms with van der Waals surface area (Å²) in [6.07, 6.45) is 5.74. The van der Waals surface area contributed by atoms with Crippen molar-refractivity contribution in [3.8, 4) is 33.4 Å². The van der Waals surface area contributed by atoms with Crippen LogP contribution in [0.4, 0.5) is 11.4 Å². The molecule has 0 bridgehead atoms. The number of nitrogens with one attached hydrogen (secondary N) is 1. The first kappa shape index (κ1) is 27.0. The lowest BCUT2D eigenvalue weighted by molar-refractivity contribution is 0.660. The molecule has 0 heterocycles. The average molecular weight is 556 g/mol.